The summed E-state index contributed by atoms with van der Waals surface area (Å²) in [5.74, 6) is 0.491. The molecule has 3 aromatic rings. The molecule has 6 heteroatoms. The third kappa shape index (κ3) is 6.25. The minimum Gasteiger partial charge on any atom is -0.467 e. The molecule has 0 fully saturated rings. The van der Waals surface area contributed by atoms with Crippen LogP contribution in [0.4, 0.5) is 11.4 Å². The second kappa shape index (κ2) is 11.4. The van der Waals surface area contributed by atoms with Gasteiger partial charge in [0.2, 0.25) is 11.8 Å². The van der Waals surface area contributed by atoms with E-state index in [0.29, 0.717) is 25.9 Å². The fourth-order valence-corrected chi connectivity index (χ4v) is 3.94. The summed E-state index contributed by atoms with van der Waals surface area (Å²) in [7, 11) is 3.95. The molecule has 0 saturated carbocycles. The lowest BCUT2D eigenvalue weighted by atomic mass is 9.94. The van der Waals surface area contributed by atoms with E-state index < -0.39 is 0 Å². The summed E-state index contributed by atoms with van der Waals surface area (Å²) in [6.07, 6.45) is 2.73. The van der Waals surface area contributed by atoms with Crippen molar-refractivity contribution in [1.82, 2.24) is 4.90 Å². The maximum Gasteiger partial charge on any atom is 0.230 e. The van der Waals surface area contributed by atoms with Gasteiger partial charge in [-0.1, -0.05) is 44.2 Å². The lowest BCUT2D eigenvalue weighted by Crippen LogP contribution is -2.34. The van der Waals surface area contributed by atoms with Crippen LogP contribution in [0.1, 0.15) is 49.5 Å². The standard InChI is InChI=1S/C27H33N3O3/c1-5-24(20-11-8-7-9-12-20)27(32)30(19-23-13-10-16-33-23)18-21-17-22(28-26(31)6-2)14-15-25(21)29(3)4/h7-17,24H,5-6,18-19H2,1-4H3,(H,28,31). The van der Waals surface area contributed by atoms with Crippen LogP contribution in [0.2, 0.25) is 0 Å². The first kappa shape index (κ1) is 24.1. The molecule has 1 aromatic heterocycles. The molecule has 2 aromatic carbocycles. The number of nitrogens with one attached hydrogen (secondary N) is 1. The first-order chi connectivity index (χ1) is 15.9. The molecule has 0 spiro atoms. The summed E-state index contributed by atoms with van der Waals surface area (Å²) < 4.78 is 5.58. The second-order valence-corrected chi connectivity index (χ2v) is 8.28. The van der Waals surface area contributed by atoms with Gasteiger partial charge in [0.15, 0.2) is 0 Å². The minimum atomic E-state index is -0.244. The summed E-state index contributed by atoms with van der Waals surface area (Å²) in [4.78, 5) is 29.6. The molecule has 0 saturated heterocycles. The number of hydrogen-bond donors (Lipinski definition) is 1. The Morgan fingerprint density at radius 2 is 1.73 bits per heavy atom. The molecule has 0 aliphatic heterocycles. The average molecular weight is 448 g/mol. The van der Waals surface area contributed by atoms with Gasteiger partial charge in [0.25, 0.3) is 0 Å². The highest BCUT2D eigenvalue weighted by atomic mass is 16.3. The number of carbonyl (C=O) groups is 2. The summed E-state index contributed by atoms with van der Waals surface area (Å²) in [5, 5.41) is 2.93. The molecule has 1 atom stereocenters. The van der Waals surface area contributed by atoms with Crippen molar-refractivity contribution < 1.29 is 14.0 Å². The number of hydrogen-bond acceptors (Lipinski definition) is 4. The second-order valence-electron chi connectivity index (χ2n) is 8.28. The fourth-order valence-electron chi connectivity index (χ4n) is 3.94. The highest BCUT2D eigenvalue weighted by molar-refractivity contribution is 5.91. The normalized spacial score (nSPS) is 11.6. The van der Waals surface area contributed by atoms with Crippen LogP contribution < -0.4 is 10.2 Å². The largest absolute Gasteiger partial charge is 0.467 e. The van der Waals surface area contributed by atoms with Crippen molar-refractivity contribution in [3.05, 3.63) is 83.8 Å². The Morgan fingerprint density at radius 1 is 0.970 bits per heavy atom. The van der Waals surface area contributed by atoms with Crippen molar-refractivity contribution in [3.63, 3.8) is 0 Å². The number of nitrogens with zero attached hydrogens (tertiary/aromatic N) is 2. The zero-order valence-corrected chi connectivity index (χ0v) is 19.9. The predicted molar refractivity (Wildman–Crippen MR) is 132 cm³/mol. The molecule has 174 valence electrons. The van der Waals surface area contributed by atoms with Gasteiger partial charge in [-0.25, -0.2) is 0 Å². The zero-order valence-electron chi connectivity index (χ0n) is 19.9. The number of carbonyl (C=O) groups excluding carboxylic acids is 2. The topological polar surface area (TPSA) is 65.8 Å². The van der Waals surface area contributed by atoms with Crippen molar-refractivity contribution in [2.45, 2.75) is 45.7 Å². The van der Waals surface area contributed by atoms with E-state index in [0.717, 1.165) is 28.3 Å². The molecule has 1 N–H and O–H groups in total. The molecule has 0 aliphatic rings. The monoisotopic (exact) mass is 447 g/mol. The Hall–Kier alpha value is -3.54. The molecule has 6 nitrogen and oxygen atoms in total. The van der Waals surface area contributed by atoms with Crippen molar-refractivity contribution in [2.24, 2.45) is 0 Å². The third-order valence-electron chi connectivity index (χ3n) is 5.67. The van der Waals surface area contributed by atoms with Gasteiger partial charge in [-0.2, -0.15) is 0 Å². The van der Waals surface area contributed by atoms with Gasteiger partial charge in [-0.15, -0.1) is 0 Å². The Bertz CT molecular complexity index is 1050. The molecule has 1 heterocycles. The molecule has 2 amide bonds. The van der Waals surface area contributed by atoms with Crippen LogP contribution in [0.15, 0.2) is 71.3 Å². The van der Waals surface area contributed by atoms with Crippen LogP contribution in [-0.4, -0.2) is 30.8 Å². The van der Waals surface area contributed by atoms with E-state index >= 15 is 0 Å². The predicted octanol–water partition coefficient (Wildman–Crippen LogP) is 5.42. The van der Waals surface area contributed by atoms with E-state index in [2.05, 4.69) is 5.32 Å². The van der Waals surface area contributed by atoms with Crippen LogP contribution in [0, 0.1) is 0 Å². The molecule has 0 radical (unpaired) electrons. The molecular weight excluding hydrogens is 414 g/mol. The van der Waals surface area contributed by atoms with Gasteiger partial charge in [0.05, 0.1) is 18.7 Å². The number of rotatable bonds is 10. The van der Waals surface area contributed by atoms with Gasteiger partial charge in [0.1, 0.15) is 5.76 Å². The van der Waals surface area contributed by atoms with Gasteiger partial charge < -0.3 is 19.5 Å². The van der Waals surface area contributed by atoms with Gasteiger partial charge >= 0.3 is 0 Å². The molecule has 3 rings (SSSR count). The number of furan rings is 1. The van der Waals surface area contributed by atoms with Crippen LogP contribution in [-0.2, 0) is 22.7 Å². The SMILES string of the molecule is CCC(=O)Nc1ccc(N(C)C)c(CN(Cc2ccco2)C(=O)C(CC)c2ccccc2)c1. The number of benzene rings is 2. The van der Waals surface area contributed by atoms with E-state index in [-0.39, 0.29) is 17.7 Å². The van der Waals surface area contributed by atoms with E-state index in [1.807, 2.05) is 98.4 Å². The maximum absolute atomic E-state index is 13.8. The fraction of sp³-hybridized carbons (Fsp3) is 0.333. The Morgan fingerprint density at radius 3 is 2.33 bits per heavy atom. The summed E-state index contributed by atoms with van der Waals surface area (Å²) in [6, 6.07) is 19.4. The van der Waals surface area contributed by atoms with Crippen molar-refractivity contribution >= 4 is 23.2 Å². The Kier molecular flexibility index (Phi) is 8.30. The molecular formula is C27H33N3O3. The summed E-state index contributed by atoms with van der Waals surface area (Å²) >= 11 is 0. The Labute approximate surface area is 196 Å². The smallest absolute Gasteiger partial charge is 0.230 e. The van der Waals surface area contributed by atoms with Crippen LogP contribution in [0.3, 0.4) is 0 Å². The molecule has 0 bridgehead atoms. The first-order valence-corrected chi connectivity index (χ1v) is 11.4. The molecule has 1 unspecified atom stereocenters. The summed E-state index contributed by atoms with van der Waals surface area (Å²) in [6.45, 7) is 4.62. The van der Waals surface area contributed by atoms with Crippen molar-refractivity contribution in [1.29, 1.82) is 0 Å². The lowest BCUT2D eigenvalue weighted by molar-refractivity contribution is -0.134. The lowest BCUT2D eigenvalue weighted by Gasteiger charge is -2.29. The average Bonchev–Trinajstić information content (AvgIpc) is 3.33. The van der Waals surface area contributed by atoms with E-state index in [1.165, 1.54) is 0 Å². The van der Waals surface area contributed by atoms with E-state index in [9.17, 15) is 9.59 Å². The summed E-state index contributed by atoms with van der Waals surface area (Å²) in [5.41, 5.74) is 3.68. The maximum atomic E-state index is 13.8. The highest BCUT2D eigenvalue weighted by Crippen LogP contribution is 2.28. The zero-order chi connectivity index (χ0) is 23.8. The Balaban J connectivity index is 1.96. The molecule has 0 aliphatic carbocycles. The van der Waals surface area contributed by atoms with Crippen molar-refractivity contribution in [3.8, 4) is 0 Å². The van der Waals surface area contributed by atoms with Gasteiger partial charge in [0, 0.05) is 38.4 Å². The van der Waals surface area contributed by atoms with Gasteiger partial charge in [-0.05, 0) is 47.9 Å². The molecule has 33 heavy (non-hydrogen) atoms. The minimum absolute atomic E-state index is 0.0443. The highest BCUT2D eigenvalue weighted by Gasteiger charge is 2.26. The number of anilines is 2. The van der Waals surface area contributed by atoms with E-state index in [4.69, 9.17) is 4.42 Å². The number of amides is 2. The quantitative estimate of drug-likeness (QED) is 0.451. The third-order valence-corrected chi connectivity index (χ3v) is 5.67. The van der Waals surface area contributed by atoms with Crippen LogP contribution in [0.25, 0.3) is 0 Å². The van der Waals surface area contributed by atoms with Crippen LogP contribution in [0.5, 0.6) is 0 Å². The van der Waals surface area contributed by atoms with E-state index in [1.54, 1.807) is 6.26 Å². The van der Waals surface area contributed by atoms with Gasteiger partial charge in [-0.3, -0.25) is 9.59 Å². The first-order valence-electron chi connectivity index (χ1n) is 11.4. The van der Waals surface area contributed by atoms with Crippen molar-refractivity contribution in [2.75, 3.05) is 24.3 Å². The van der Waals surface area contributed by atoms with Crippen LogP contribution >= 0.6 is 0 Å².